The van der Waals surface area contributed by atoms with E-state index in [9.17, 15) is 4.79 Å². The van der Waals surface area contributed by atoms with Crippen LogP contribution in [0, 0.1) is 0 Å². The normalized spacial score (nSPS) is 12.8. The predicted octanol–water partition coefficient (Wildman–Crippen LogP) is 3.20. The zero-order valence-corrected chi connectivity index (χ0v) is 13.3. The van der Waals surface area contributed by atoms with Crippen LogP contribution < -0.4 is 4.74 Å². The molecule has 21 heavy (non-hydrogen) atoms. The van der Waals surface area contributed by atoms with E-state index in [1.165, 1.54) is 11.6 Å². The molecule has 0 aliphatic heterocycles. The predicted molar refractivity (Wildman–Crippen MR) is 84.4 cm³/mol. The minimum atomic E-state index is -0.392. The maximum absolute atomic E-state index is 11.5. The van der Waals surface area contributed by atoms with Gasteiger partial charge in [-0.15, -0.1) is 0 Å². The monoisotopic (exact) mass is 291 g/mol. The zero-order valence-electron chi connectivity index (χ0n) is 13.3. The number of carbonyl (C=O) groups is 1. The molecule has 116 valence electrons. The molecular formula is C17H25NO3. The van der Waals surface area contributed by atoms with Crippen molar-refractivity contribution in [3.05, 3.63) is 42.0 Å². The molecule has 0 saturated heterocycles. The number of ether oxygens (including phenoxy) is 2. The number of benzene rings is 1. The Hall–Kier alpha value is -1.65. The summed E-state index contributed by atoms with van der Waals surface area (Å²) in [5.74, 6) is 0.161. The SMILES string of the molecule is CCN(CC)C(C)c1ccc(OC(=O)C=CCOC)cc1. The minimum absolute atomic E-state index is 0.353. The molecule has 0 amide bonds. The molecule has 0 N–H and O–H groups in total. The summed E-state index contributed by atoms with van der Waals surface area (Å²) in [6, 6.07) is 8.02. The average Bonchev–Trinajstić information content (AvgIpc) is 2.49. The van der Waals surface area contributed by atoms with Gasteiger partial charge in [0.2, 0.25) is 0 Å². The number of methoxy groups -OCH3 is 1. The Balaban J connectivity index is 2.63. The quantitative estimate of drug-likeness (QED) is 0.419. The van der Waals surface area contributed by atoms with E-state index in [0.717, 1.165) is 13.1 Å². The van der Waals surface area contributed by atoms with Crippen LogP contribution in [0.5, 0.6) is 5.75 Å². The largest absolute Gasteiger partial charge is 0.423 e. The number of esters is 1. The van der Waals surface area contributed by atoms with Crippen molar-refractivity contribution in [1.82, 2.24) is 4.90 Å². The molecule has 1 aromatic carbocycles. The van der Waals surface area contributed by atoms with Gasteiger partial charge in [0, 0.05) is 19.2 Å². The van der Waals surface area contributed by atoms with Crippen molar-refractivity contribution in [2.75, 3.05) is 26.8 Å². The van der Waals surface area contributed by atoms with E-state index in [1.807, 2.05) is 24.3 Å². The van der Waals surface area contributed by atoms with Crippen LogP contribution in [-0.2, 0) is 9.53 Å². The first-order valence-electron chi connectivity index (χ1n) is 7.33. The van der Waals surface area contributed by atoms with Gasteiger partial charge in [0.15, 0.2) is 0 Å². The standard InChI is InChI=1S/C17H25NO3/c1-5-18(6-2)14(3)15-9-11-16(12-10-15)21-17(19)8-7-13-20-4/h7-12,14H,5-6,13H2,1-4H3. The van der Waals surface area contributed by atoms with Crippen molar-refractivity contribution in [3.8, 4) is 5.75 Å². The third kappa shape index (κ3) is 5.69. The van der Waals surface area contributed by atoms with Gasteiger partial charge in [0.1, 0.15) is 5.75 Å². The van der Waals surface area contributed by atoms with Crippen molar-refractivity contribution in [2.24, 2.45) is 0 Å². The van der Waals surface area contributed by atoms with Crippen molar-refractivity contribution in [1.29, 1.82) is 0 Å². The van der Waals surface area contributed by atoms with Gasteiger partial charge in [-0.2, -0.15) is 0 Å². The summed E-state index contributed by atoms with van der Waals surface area (Å²) in [4.78, 5) is 13.9. The second-order valence-corrected chi connectivity index (χ2v) is 4.75. The Kier molecular flexibility index (Phi) is 7.72. The molecule has 0 heterocycles. The van der Waals surface area contributed by atoms with Crippen molar-refractivity contribution in [3.63, 3.8) is 0 Å². The fourth-order valence-corrected chi connectivity index (χ4v) is 2.19. The number of hydrogen-bond donors (Lipinski definition) is 0. The van der Waals surface area contributed by atoms with Crippen molar-refractivity contribution < 1.29 is 14.3 Å². The molecule has 0 fully saturated rings. The highest BCUT2D eigenvalue weighted by atomic mass is 16.5. The third-order valence-corrected chi connectivity index (χ3v) is 3.46. The van der Waals surface area contributed by atoms with E-state index in [-0.39, 0.29) is 0 Å². The first kappa shape index (κ1) is 17.4. The lowest BCUT2D eigenvalue weighted by atomic mass is 10.1. The fraction of sp³-hybridized carbons (Fsp3) is 0.471. The molecule has 1 unspecified atom stereocenters. The van der Waals surface area contributed by atoms with Crippen LogP contribution in [0.1, 0.15) is 32.4 Å². The van der Waals surface area contributed by atoms with Gasteiger partial charge >= 0.3 is 5.97 Å². The molecule has 0 aliphatic rings. The first-order chi connectivity index (χ1) is 10.1. The maximum Gasteiger partial charge on any atom is 0.335 e. The lowest BCUT2D eigenvalue weighted by Crippen LogP contribution is -2.26. The lowest BCUT2D eigenvalue weighted by Gasteiger charge is -2.26. The van der Waals surface area contributed by atoms with Gasteiger partial charge in [-0.05, 0) is 37.7 Å². The highest BCUT2D eigenvalue weighted by molar-refractivity contribution is 5.83. The van der Waals surface area contributed by atoms with E-state index >= 15 is 0 Å². The summed E-state index contributed by atoms with van der Waals surface area (Å²) >= 11 is 0. The second kappa shape index (κ2) is 9.32. The molecule has 0 radical (unpaired) electrons. The topological polar surface area (TPSA) is 38.8 Å². The summed E-state index contributed by atoms with van der Waals surface area (Å²) in [6.07, 6.45) is 3.00. The van der Waals surface area contributed by atoms with E-state index in [0.29, 0.717) is 18.4 Å². The average molecular weight is 291 g/mol. The summed E-state index contributed by atoms with van der Waals surface area (Å²) in [7, 11) is 1.57. The second-order valence-electron chi connectivity index (χ2n) is 4.75. The highest BCUT2D eigenvalue weighted by Crippen LogP contribution is 2.22. The van der Waals surface area contributed by atoms with Gasteiger partial charge in [-0.1, -0.05) is 32.1 Å². The Morgan fingerprint density at radius 1 is 1.24 bits per heavy atom. The molecule has 1 atom stereocenters. The van der Waals surface area contributed by atoms with E-state index in [4.69, 9.17) is 9.47 Å². The molecular weight excluding hydrogens is 266 g/mol. The molecule has 1 rings (SSSR count). The van der Waals surface area contributed by atoms with E-state index < -0.39 is 5.97 Å². The molecule has 0 bridgehead atoms. The fourth-order valence-electron chi connectivity index (χ4n) is 2.19. The summed E-state index contributed by atoms with van der Waals surface area (Å²) in [5.41, 5.74) is 1.22. The van der Waals surface area contributed by atoms with Crippen LogP contribution in [0.4, 0.5) is 0 Å². The molecule has 1 aromatic rings. The van der Waals surface area contributed by atoms with Crippen LogP contribution in [0.25, 0.3) is 0 Å². The van der Waals surface area contributed by atoms with E-state index in [1.54, 1.807) is 13.2 Å². The van der Waals surface area contributed by atoms with Crippen molar-refractivity contribution >= 4 is 5.97 Å². The zero-order chi connectivity index (χ0) is 15.7. The molecule has 0 spiro atoms. The molecule has 4 nitrogen and oxygen atoms in total. The smallest absolute Gasteiger partial charge is 0.335 e. The number of nitrogens with zero attached hydrogens (tertiary/aromatic N) is 1. The van der Waals surface area contributed by atoms with E-state index in [2.05, 4.69) is 25.7 Å². The Bertz CT molecular complexity index is 450. The van der Waals surface area contributed by atoms with Crippen LogP contribution in [0.15, 0.2) is 36.4 Å². The number of hydrogen-bond acceptors (Lipinski definition) is 4. The molecule has 0 aromatic heterocycles. The summed E-state index contributed by atoms with van der Waals surface area (Å²) in [5, 5.41) is 0. The molecule has 0 aliphatic carbocycles. The Morgan fingerprint density at radius 3 is 2.38 bits per heavy atom. The maximum atomic E-state index is 11.5. The van der Waals surface area contributed by atoms with Crippen molar-refractivity contribution in [2.45, 2.75) is 26.8 Å². The first-order valence-corrected chi connectivity index (χ1v) is 7.33. The van der Waals surface area contributed by atoms with Crippen LogP contribution >= 0.6 is 0 Å². The minimum Gasteiger partial charge on any atom is -0.423 e. The third-order valence-electron chi connectivity index (χ3n) is 3.46. The lowest BCUT2D eigenvalue weighted by molar-refractivity contribution is -0.129. The van der Waals surface area contributed by atoms with Gasteiger partial charge in [0.25, 0.3) is 0 Å². The van der Waals surface area contributed by atoms with Gasteiger partial charge in [-0.25, -0.2) is 4.79 Å². The highest BCUT2D eigenvalue weighted by Gasteiger charge is 2.12. The van der Waals surface area contributed by atoms with Gasteiger partial charge < -0.3 is 9.47 Å². The van der Waals surface area contributed by atoms with Crippen LogP contribution in [0.2, 0.25) is 0 Å². The van der Waals surface area contributed by atoms with Gasteiger partial charge in [-0.3, -0.25) is 4.90 Å². The molecule has 4 heteroatoms. The number of rotatable bonds is 8. The van der Waals surface area contributed by atoms with Crippen LogP contribution in [-0.4, -0.2) is 37.7 Å². The number of carbonyl (C=O) groups excluding carboxylic acids is 1. The van der Waals surface area contributed by atoms with Crippen LogP contribution in [0.3, 0.4) is 0 Å². The summed E-state index contributed by atoms with van der Waals surface area (Å²) < 4.78 is 10.0. The summed E-state index contributed by atoms with van der Waals surface area (Å²) in [6.45, 7) is 8.92. The van der Waals surface area contributed by atoms with Gasteiger partial charge in [0.05, 0.1) is 6.61 Å². The Labute approximate surface area is 127 Å². The Morgan fingerprint density at radius 2 is 1.86 bits per heavy atom. The molecule has 0 saturated carbocycles.